The third kappa shape index (κ3) is 5.98. The van der Waals surface area contributed by atoms with Crippen LogP contribution >= 0.6 is 0 Å². The standard InChI is InChI=1S/C17H24N4O4/c18-9-1-5-13(22)17(14(23)6-2-10-19,15(24)7-3-11-20)16(25)8-4-12-21/h13-16,22-25H,1-8H2. The van der Waals surface area contributed by atoms with Crippen molar-refractivity contribution in [2.75, 3.05) is 0 Å². The zero-order valence-electron chi connectivity index (χ0n) is 14.0. The number of hydrogen-bond acceptors (Lipinski definition) is 8. The van der Waals surface area contributed by atoms with Gasteiger partial charge >= 0.3 is 0 Å². The lowest BCUT2D eigenvalue weighted by Crippen LogP contribution is -2.60. The predicted molar refractivity (Wildman–Crippen MR) is 85.8 cm³/mol. The SMILES string of the molecule is N#CCCC(O)C(C(O)CCC#N)(C(O)CCC#N)C(O)CCC#N. The van der Waals surface area contributed by atoms with Crippen molar-refractivity contribution >= 4 is 0 Å². The highest BCUT2D eigenvalue weighted by atomic mass is 16.3. The van der Waals surface area contributed by atoms with Gasteiger partial charge < -0.3 is 20.4 Å². The second kappa shape index (κ2) is 12.2. The van der Waals surface area contributed by atoms with Gasteiger partial charge in [-0.15, -0.1) is 0 Å². The van der Waals surface area contributed by atoms with E-state index in [4.69, 9.17) is 21.0 Å². The molecule has 0 heterocycles. The maximum absolute atomic E-state index is 10.6. The Morgan fingerprint density at radius 1 is 0.520 bits per heavy atom. The minimum Gasteiger partial charge on any atom is -0.392 e. The summed E-state index contributed by atoms with van der Waals surface area (Å²) in [4.78, 5) is 0. The summed E-state index contributed by atoms with van der Waals surface area (Å²) in [5, 5.41) is 77.5. The predicted octanol–water partition coefficient (Wildman–Crippen LogP) is 0.632. The first kappa shape index (κ1) is 22.8. The maximum atomic E-state index is 10.6. The minimum atomic E-state index is -1.85. The van der Waals surface area contributed by atoms with Crippen molar-refractivity contribution in [1.82, 2.24) is 0 Å². The van der Waals surface area contributed by atoms with Crippen LogP contribution < -0.4 is 0 Å². The molecule has 0 bridgehead atoms. The number of nitrogens with zero attached hydrogens (tertiary/aromatic N) is 4. The fourth-order valence-electron chi connectivity index (χ4n) is 3.14. The van der Waals surface area contributed by atoms with Crippen LogP contribution in [0.1, 0.15) is 51.4 Å². The van der Waals surface area contributed by atoms with Gasteiger partial charge in [0.2, 0.25) is 0 Å². The highest BCUT2D eigenvalue weighted by molar-refractivity contribution is 5.05. The Bertz CT molecular complexity index is 453. The number of hydrogen-bond donors (Lipinski definition) is 4. The second-order valence-electron chi connectivity index (χ2n) is 5.85. The molecule has 136 valence electrons. The second-order valence-corrected chi connectivity index (χ2v) is 5.85. The van der Waals surface area contributed by atoms with Gasteiger partial charge in [-0.2, -0.15) is 21.0 Å². The van der Waals surface area contributed by atoms with Crippen molar-refractivity contribution in [2.24, 2.45) is 5.41 Å². The van der Waals surface area contributed by atoms with Gasteiger partial charge in [-0.05, 0) is 25.7 Å². The summed E-state index contributed by atoms with van der Waals surface area (Å²) in [7, 11) is 0. The summed E-state index contributed by atoms with van der Waals surface area (Å²) in [6.45, 7) is 0. The van der Waals surface area contributed by atoms with Crippen LogP contribution in [0.2, 0.25) is 0 Å². The van der Waals surface area contributed by atoms with Gasteiger partial charge in [0.1, 0.15) is 0 Å². The van der Waals surface area contributed by atoms with Gasteiger partial charge in [0.15, 0.2) is 0 Å². The van der Waals surface area contributed by atoms with Crippen LogP contribution in [0, 0.1) is 50.7 Å². The lowest BCUT2D eigenvalue weighted by molar-refractivity contribution is -0.198. The molecule has 0 aromatic rings. The van der Waals surface area contributed by atoms with Gasteiger partial charge in [-0.1, -0.05) is 0 Å². The van der Waals surface area contributed by atoms with Crippen LogP contribution in [-0.2, 0) is 0 Å². The van der Waals surface area contributed by atoms with Gasteiger partial charge in [-0.25, -0.2) is 0 Å². The van der Waals surface area contributed by atoms with E-state index in [9.17, 15) is 20.4 Å². The Labute approximate surface area is 147 Å². The van der Waals surface area contributed by atoms with Gasteiger partial charge in [0, 0.05) is 25.7 Å². The quantitative estimate of drug-likeness (QED) is 0.397. The molecule has 0 spiro atoms. The molecule has 0 aliphatic rings. The molecule has 0 aromatic carbocycles. The highest BCUT2D eigenvalue weighted by Crippen LogP contribution is 2.42. The molecule has 8 heteroatoms. The summed E-state index contributed by atoms with van der Waals surface area (Å²) in [6.07, 6.45) is -6.44. The molecule has 0 radical (unpaired) electrons. The normalized spacial score (nSPS) is 17.6. The van der Waals surface area contributed by atoms with Crippen LogP contribution in [0.15, 0.2) is 0 Å². The van der Waals surface area contributed by atoms with Gasteiger partial charge in [0.05, 0.1) is 54.1 Å². The average molecular weight is 348 g/mol. The summed E-state index contributed by atoms with van der Waals surface area (Å²) < 4.78 is 0. The molecule has 0 saturated carbocycles. The van der Waals surface area contributed by atoms with Crippen LogP contribution in [0.25, 0.3) is 0 Å². The van der Waals surface area contributed by atoms with Crippen molar-refractivity contribution in [3.63, 3.8) is 0 Å². The van der Waals surface area contributed by atoms with E-state index in [0.717, 1.165) is 0 Å². The zero-order valence-corrected chi connectivity index (χ0v) is 14.0. The number of nitriles is 4. The first-order chi connectivity index (χ1) is 11.9. The van der Waals surface area contributed by atoms with Crippen LogP contribution in [-0.4, -0.2) is 44.8 Å². The van der Waals surface area contributed by atoms with Crippen molar-refractivity contribution in [1.29, 1.82) is 21.0 Å². The van der Waals surface area contributed by atoms with E-state index in [1.54, 1.807) is 0 Å². The Kier molecular flexibility index (Phi) is 11.1. The molecule has 0 aromatic heterocycles. The summed E-state index contributed by atoms with van der Waals surface area (Å²) in [5.74, 6) is 0. The summed E-state index contributed by atoms with van der Waals surface area (Å²) in [5.41, 5.74) is -1.85. The molecule has 25 heavy (non-hydrogen) atoms. The average Bonchev–Trinajstić information content (AvgIpc) is 2.61. The van der Waals surface area contributed by atoms with E-state index in [1.165, 1.54) is 0 Å². The lowest BCUT2D eigenvalue weighted by Gasteiger charge is -2.48. The number of rotatable bonds is 12. The van der Waals surface area contributed by atoms with Crippen molar-refractivity contribution < 1.29 is 20.4 Å². The topological polar surface area (TPSA) is 176 Å². The zero-order chi connectivity index (χ0) is 19.3. The number of aliphatic hydroxyl groups excluding tert-OH is 4. The third-order valence-electron chi connectivity index (χ3n) is 4.43. The molecular formula is C17H24N4O4. The smallest absolute Gasteiger partial charge is 0.0740 e. The Hall–Kier alpha value is -2.20. The summed E-state index contributed by atoms with van der Waals surface area (Å²) in [6, 6.07) is 7.42. The van der Waals surface area contributed by atoms with Gasteiger partial charge in [-0.3, -0.25) is 0 Å². The molecule has 4 N–H and O–H groups in total. The largest absolute Gasteiger partial charge is 0.392 e. The van der Waals surface area contributed by atoms with Crippen LogP contribution in [0.3, 0.4) is 0 Å². The van der Waals surface area contributed by atoms with Crippen molar-refractivity contribution in [3.05, 3.63) is 0 Å². The first-order valence-electron chi connectivity index (χ1n) is 8.13. The lowest BCUT2D eigenvalue weighted by atomic mass is 9.64. The highest BCUT2D eigenvalue weighted by Gasteiger charge is 2.54. The van der Waals surface area contributed by atoms with E-state index in [-0.39, 0.29) is 51.4 Å². The third-order valence-corrected chi connectivity index (χ3v) is 4.43. The number of aliphatic hydroxyl groups is 4. The van der Waals surface area contributed by atoms with E-state index in [2.05, 4.69) is 0 Å². The van der Waals surface area contributed by atoms with E-state index in [0.29, 0.717) is 0 Å². The molecule has 4 atom stereocenters. The minimum absolute atomic E-state index is 0.0656. The Balaban J connectivity index is 5.91. The first-order valence-corrected chi connectivity index (χ1v) is 8.13. The van der Waals surface area contributed by atoms with Crippen molar-refractivity contribution in [2.45, 2.75) is 75.8 Å². The molecule has 0 aliphatic carbocycles. The molecule has 0 amide bonds. The summed E-state index contributed by atoms with van der Waals surface area (Å²) >= 11 is 0. The van der Waals surface area contributed by atoms with Crippen LogP contribution in [0.4, 0.5) is 0 Å². The van der Waals surface area contributed by atoms with E-state index < -0.39 is 29.8 Å². The van der Waals surface area contributed by atoms with Gasteiger partial charge in [0.25, 0.3) is 0 Å². The molecular weight excluding hydrogens is 324 g/mol. The molecule has 4 unspecified atom stereocenters. The fourth-order valence-corrected chi connectivity index (χ4v) is 3.14. The van der Waals surface area contributed by atoms with Crippen molar-refractivity contribution in [3.8, 4) is 24.3 Å². The maximum Gasteiger partial charge on any atom is 0.0740 e. The molecule has 0 aliphatic heterocycles. The Morgan fingerprint density at radius 2 is 0.720 bits per heavy atom. The van der Waals surface area contributed by atoms with E-state index in [1.807, 2.05) is 24.3 Å². The fraction of sp³-hybridized carbons (Fsp3) is 0.765. The molecule has 0 rings (SSSR count). The molecule has 0 saturated heterocycles. The van der Waals surface area contributed by atoms with E-state index >= 15 is 0 Å². The Morgan fingerprint density at radius 3 is 0.880 bits per heavy atom. The molecule has 0 fully saturated rings. The monoisotopic (exact) mass is 348 g/mol. The van der Waals surface area contributed by atoms with Crippen LogP contribution in [0.5, 0.6) is 0 Å². The molecule has 8 nitrogen and oxygen atoms in total.